The molecule has 88 valence electrons. The summed E-state index contributed by atoms with van der Waals surface area (Å²) >= 11 is 0. The summed E-state index contributed by atoms with van der Waals surface area (Å²) in [4.78, 5) is 0. The molecule has 0 aromatic rings. The highest BCUT2D eigenvalue weighted by Gasteiger charge is 2.36. The van der Waals surface area contributed by atoms with Gasteiger partial charge in [-0.2, -0.15) is 0 Å². The van der Waals surface area contributed by atoms with Crippen LogP contribution in [0.4, 0.5) is 0 Å². The summed E-state index contributed by atoms with van der Waals surface area (Å²) in [6.45, 7) is 0. The van der Waals surface area contributed by atoms with Crippen LogP contribution in [-0.2, 0) is 0 Å². The van der Waals surface area contributed by atoms with Gasteiger partial charge >= 0.3 is 0 Å². The molecule has 15 heavy (non-hydrogen) atoms. The molecule has 1 atom stereocenters. The lowest BCUT2D eigenvalue weighted by atomic mass is 9.85. The Morgan fingerprint density at radius 1 is 1.07 bits per heavy atom. The highest BCUT2D eigenvalue weighted by molar-refractivity contribution is 4.89. The fourth-order valence-corrected chi connectivity index (χ4v) is 2.74. The number of aliphatic hydroxyl groups is 2. The molecule has 0 radical (unpaired) electrons. The second-order valence-electron chi connectivity index (χ2n) is 5.55. The van der Waals surface area contributed by atoms with Crippen LogP contribution in [0.15, 0.2) is 0 Å². The molecular weight excluding hydrogens is 188 g/mol. The molecule has 2 aliphatic carbocycles. The van der Waals surface area contributed by atoms with Crippen LogP contribution in [0, 0.1) is 5.92 Å². The Kier molecular flexibility index (Phi) is 3.68. The molecule has 1 unspecified atom stereocenters. The molecule has 0 spiro atoms. The summed E-state index contributed by atoms with van der Waals surface area (Å²) in [5.41, 5.74) is -0.759. The SMILES string of the molecule is OC(CCC1CC1)C1(O)CCCCCC1. The molecule has 2 fully saturated rings. The number of hydrogen-bond donors (Lipinski definition) is 2. The highest BCUT2D eigenvalue weighted by atomic mass is 16.3. The average Bonchev–Trinajstić information content (AvgIpc) is 3.02. The first-order valence-corrected chi connectivity index (χ1v) is 6.61. The van der Waals surface area contributed by atoms with Crippen molar-refractivity contribution in [3.8, 4) is 0 Å². The fraction of sp³-hybridized carbons (Fsp3) is 1.00. The maximum atomic E-state index is 10.4. The third kappa shape index (κ3) is 3.18. The zero-order valence-electron chi connectivity index (χ0n) is 9.62. The molecule has 0 bridgehead atoms. The predicted octanol–water partition coefficient (Wildman–Crippen LogP) is 2.62. The number of rotatable bonds is 4. The van der Waals surface area contributed by atoms with Gasteiger partial charge in [0.2, 0.25) is 0 Å². The molecule has 2 aliphatic rings. The summed E-state index contributed by atoms with van der Waals surface area (Å²) in [7, 11) is 0. The van der Waals surface area contributed by atoms with E-state index in [1.54, 1.807) is 0 Å². The van der Waals surface area contributed by atoms with Crippen molar-refractivity contribution in [1.29, 1.82) is 0 Å². The fourth-order valence-electron chi connectivity index (χ4n) is 2.74. The zero-order valence-corrected chi connectivity index (χ0v) is 9.62. The Bertz CT molecular complexity index is 191. The summed E-state index contributed by atoms with van der Waals surface area (Å²) in [5, 5.41) is 20.5. The van der Waals surface area contributed by atoms with E-state index < -0.39 is 11.7 Å². The molecule has 0 heterocycles. The summed E-state index contributed by atoms with van der Waals surface area (Å²) in [6.07, 6.45) is 10.3. The maximum Gasteiger partial charge on any atom is 0.0905 e. The van der Waals surface area contributed by atoms with Gasteiger partial charge in [-0.05, 0) is 31.6 Å². The largest absolute Gasteiger partial charge is 0.390 e. The lowest BCUT2D eigenvalue weighted by Crippen LogP contribution is -2.41. The quantitative estimate of drug-likeness (QED) is 0.703. The van der Waals surface area contributed by atoms with E-state index in [1.165, 1.54) is 25.7 Å². The Morgan fingerprint density at radius 2 is 1.67 bits per heavy atom. The molecule has 2 nitrogen and oxygen atoms in total. The van der Waals surface area contributed by atoms with Crippen molar-refractivity contribution in [2.24, 2.45) is 5.92 Å². The molecular formula is C13H24O2. The molecule has 0 amide bonds. The van der Waals surface area contributed by atoms with Crippen molar-refractivity contribution in [3.05, 3.63) is 0 Å². The molecule has 0 saturated heterocycles. The molecule has 0 aromatic carbocycles. The van der Waals surface area contributed by atoms with Crippen LogP contribution in [-0.4, -0.2) is 21.9 Å². The van der Waals surface area contributed by atoms with Crippen molar-refractivity contribution < 1.29 is 10.2 Å². The van der Waals surface area contributed by atoms with Gasteiger partial charge in [0.1, 0.15) is 0 Å². The number of aliphatic hydroxyl groups excluding tert-OH is 1. The van der Waals surface area contributed by atoms with E-state index in [2.05, 4.69) is 0 Å². The van der Waals surface area contributed by atoms with Gasteiger partial charge in [0.25, 0.3) is 0 Å². The molecule has 2 rings (SSSR count). The third-order valence-corrected chi connectivity index (χ3v) is 4.13. The van der Waals surface area contributed by atoms with E-state index in [9.17, 15) is 10.2 Å². The molecule has 0 aliphatic heterocycles. The minimum Gasteiger partial charge on any atom is -0.390 e. The molecule has 2 heteroatoms. The smallest absolute Gasteiger partial charge is 0.0905 e. The second-order valence-corrected chi connectivity index (χ2v) is 5.55. The van der Waals surface area contributed by atoms with Crippen LogP contribution in [0.5, 0.6) is 0 Å². The van der Waals surface area contributed by atoms with E-state index in [4.69, 9.17) is 0 Å². The van der Waals surface area contributed by atoms with Crippen molar-refractivity contribution in [3.63, 3.8) is 0 Å². The summed E-state index contributed by atoms with van der Waals surface area (Å²) < 4.78 is 0. The summed E-state index contributed by atoms with van der Waals surface area (Å²) in [6, 6.07) is 0. The van der Waals surface area contributed by atoms with Crippen LogP contribution in [0.2, 0.25) is 0 Å². The van der Waals surface area contributed by atoms with Crippen molar-refractivity contribution >= 4 is 0 Å². The first kappa shape index (κ1) is 11.4. The normalized spacial score (nSPS) is 28.4. The van der Waals surface area contributed by atoms with Gasteiger partial charge in [-0.15, -0.1) is 0 Å². The van der Waals surface area contributed by atoms with Crippen molar-refractivity contribution in [1.82, 2.24) is 0 Å². The monoisotopic (exact) mass is 212 g/mol. The Balaban J connectivity index is 1.80. The zero-order chi connectivity index (χ0) is 10.7. The van der Waals surface area contributed by atoms with E-state index in [0.29, 0.717) is 0 Å². The van der Waals surface area contributed by atoms with E-state index in [1.807, 2.05) is 0 Å². The van der Waals surface area contributed by atoms with Gasteiger partial charge in [0.05, 0.1) is 11.7 Å². The Morgan fingerprint density at radius 3 is 2.20 bits per heavy atom. The molecule has 2 N–H and O–H groups in total. The topological polar surface area (TPSA) is 40.5 Å². The average molecular weight is 212 g/mol. The lowest BCUT2D eigenvalue weighted by molar-refractivity contribution is -0.0883. The third-order valence-electron chi connectivity index (χ3n) is 4.13. The maximum absolute atomic E-state index is 10.4. The first-order valence-electron chi connectivity index (χ1n) is 6.61. The van der Waals surface area contributed by atoms with E-state index >= 15 is 0 Å². The van der Waals surface area contributed by atoms with Crippen LogP contribution < -0.4 is 0 Å². The van der Waals surface area contributed by atoms with Crippen molar-refractivity contribution in [2.75, 3.05) is 0 Å². The lowest BCUT2D eigenvalue weighted by Gasteiger charge is -2.32. The standard InChI is InChI=1S/C13H24O2/c14-12(8-7-11-5-6-11)13(15)9-3-1-2-4-10-13/h11-12,14-15H,1-10H2. The van der Waals surface area contributed by atoms with Crippen LogP contribution in [0.1, 0.15) is 64.2 Å². The second kappa shape index (κ2) is 4.84. The highest BCUT2D eigenvalue weighted by Crippen LogP contribution is 2.37. The van der Waals surface area contributed by atoms with Gasteiger partial charge in [-0.25, -0.2) is 0 Å². The van der Waals surface area contributed by atoms with Crippen LogP contribution in [0.25, 0.3) is 0 Å². The van der Waals surface area contributed by atoms with Crippen molar-refractivity contribution in [2.45, 2.75) is 75.9 Å². The first-order chi connectivity index (χ1) is 7.21. The van der Waals surface area contributed by atoms with Crippen LogP contribution in [0.3, 0.4) is 0 Å². The van der Waals surface area contributed by atoms with Gasteiger partial charge < -0.3 is 10.2 Å². The van der Waals surface area contributed by atoms with E-state index in [0.717, 1.165) is 44.4 Å². The Hall–Kier alpha value is -0.0800. The molecule has 0 aromatic heterocycles. The van der Waals surface area contributed by atoms with Gasteiger partial charge in [0.15, 0.2) is 0 Å². The minimum absolute atomic E-state index is 0.476. The minimum atomic E-state index is -0.759. The van der Waals surface area contributed by atoms with Gasteiger partial charge in [-0.3, -0.25) is 0 Å². The number of hydrogen-bond acceptors (Lipinski definition) is 2. The Labute approximate surface area is 92.7 Å². The predicted molar refractivity (Wildman–Crippen MR) is 60.6 cm³/mol. The van der Waals surface area contributed by atoms with Crippen LogP contribution >= 0.6 is 0 Å². The van der Waals surface area contributed by atoms with Gasteiger partial charge in [-0.1, -0.05) is 38.5 Å². The van der Waals surface area contributed by atoms with Gasteiger partial charge in [0, 0.05) is 0 Å². The molecule has 2 saturated carbocycles. The summed E-state index contributed by atoms with van der Waals surface area (Å²) in [5.74, 6) is 0.856. The van der Waals surface area contributed by atoms with E-state index in [-0.39, 0.29) is 0 Å².